The summed E-state index contributed by atoms with van der Waals surface area (Å²) >= 11 is 0. The van der Waals surface area contributed by atoms with Gasteiger partial charge in [0.1, 0.15) is 0 Å². The zero-order valence-corrected chi connectivity index (χ0v) is 6.18. The van der Waals surface area contributed by atoms with E-state index in [4.69, 9.17) is 4.74 Å². The lowest BCUT2D eigenvalue weighted by Crippen LogP contribution is -2.24. The first-order valence-corrected chi connectivity index (χ1v) is 3.91. The number of rotatable bonds is 0. The second-order valence-corrected chi connectivity index (χ2v) is 3.62. The van der Waals surface area contributed by atoms with E-state index in [-0.39, 0.29) is 0 Å². The molecule has 0 N–H and O–H groups in total. The number of ether oxygens (including phenoxy) is 1. The summed E-state index contributed by atoms with van der Waals surface area (Å²) in [6, 6.07) is 0. The van der Waals surface area contributed by atoms with Crippen LogP contribution in [-0.4, -0.2) is 11.7 Å². The van der Waals surface area contributed by atoms with Crippen LogP contribution in [0, 0.1) is 5.92 Å². The molecule has 1 saturated carbocycles. The molecule has 0 bridgehead atoms. The average molecular weight is 126 g/mol. The Morgan fingerprint density at radius 3 is 2.78 bits per heavy atom. The van der Waals surface area contributed by atoms with E-state index in [1.54, 1.807) is 0 Å². The summed E-state index contributed by atoms with van der Waals surface area (Å²) in [5.41, 5.74) is 0.304. The van der Waals surface area contributed by atoms with Gasteiger partial charge in [-0.3, -0.25) is 0 Å². The fraction of sp³-hybridized carbons (Fsp3) is 1.00. The van der Waals surface area contributed by atoms with Gasteiger partial charge < -0.3 is 4.74 Å². The molecule has 1 nitrogen and oxygen atoms in total. The van der Waals surface area contributed by atoms with Crippen molar-refractivity contribution in [2.75, 3.05) is 0 Å². The minimum absolute atomic E-state index is 0.304. The number of fused-ring (bicyclic) bond motifs is 1. The Morgan fingerprint density at radius 2 is 2.22 bits per heavy atom. The second kappa shape index (κ2) is 1.51. The van der Waals surface area contributed by atoms with Crippen molar-refractivity contribution in [1.82, 2.24) is 0 Å². The first-order valence-electron chi connectivity index (χ1n) is 3.91. The van der Waals surface area contributed by atoms with Crippen LogP contribution in [0.5, 0.6) is 0 Å². The highest BCUT2D eigenvalue weighted by atomic mass is 16.6. The fourth-order valence-corrected chi connectivity index (χ4v) is 1.95. The van der Waals surface area contributed by atoms with Gasteiger partial charge in [0, 0.05) is 0 Å². The summed E-state index contributed by atoms with van der Waals surface area (Å²) in [6.45, 7) is 4.56. The van der Waals surface area contributed by atoms with Crippen LogP contribution < -0.4 is 0 Å². The highest BCUT2D eigenvalue weighted by Gasteiger charge is 2.56. The van der Waals surface area contributed by atoms with Gasteiger partial charge in [-0.25, -0.2) is 0 Å². The third-order valence-electron chi connectivity index (χ3n) is 3.06. The lowest BCUT2D eigenvalue weighted by molar-refractivity contribution is 0.242. The second-order valence-electron chi connectivity index (χ2n) is 3.62. The maximum Gasteiger partial charge on any atom is 0.0945 e. The molecular formula is C8H14O. The monoisotopic (exact) mass is 126 g/mol. The van der Waals surface area contributed by atoms with Crippen LogP contribution in [0.1, 0.15) is 33.1 Å². The molecule has 2 aliphatic rings. The predicted molar refractivity (Wildman–Crippen MR) is 36.3 cm³/mol. The third kappa shape index (κ3) is 0.644. The molecule has 0 radical (unpaired) electrons. The van der Waals surface area contributed by atoms with Crippen molar-refractivity contribution < 1.29 is 4.74 Å². The third-order valence-corrected chi connectivity index (χ3v) is 3.06. The standard InChI is InChI=1S/C8H14O/c1-6-4-3-5-7-8(6,2)9-7/h6-7H,3-5H2,1-2H3/t6-,7+,8-/m1/s1. The summed E-state index contributed by atoms with van der Waals surface area (Å²) in [7, 11) is 0. The first kappa shape index (κ1) is 5.72. The Morgan fingerprint density at radius 1 is 1.44 bits per heavy atom. The molecular weight excluding hydrogens is 112 g/mol. The minimum atomic E-state index is 0.304. The van der Waals surface area contributed by atoms with Crippen LogP contribution in [0.25, 0.3) is 0 Å². The van der Waals surface area contributed by atoms with Crippen molar-refractivity contribution in [3.05, 3.63) is 0 Å². The van der Waals surface area contributed by atoms with Gasteiger partial charge in [-0.05, 0) is 25.7 Å². The average Bonchev–Trinajstić information content (AvgIpc) is 2.44. The molecule has 0 aromatic carbocycles. The molecule has 2 fully saturated rings. The molecule has 0 aromatic rings. The molecule has 0 unspecified atom stereocenters. The van der Waals surface area contributed by atoms with E-state index in [0.717, 1.165) is 5.92 Å². The topological polar surface area (TPSA) is 12.5 Å². The van der Waals surface area contributed by atoms with E-state index in [1.807, 2.05) is 0 Å². The molecule has 1 saturated heterocycles. The van der Waals surface area contributed by atoms with Crippen molar-refractivity contribution >= 4 is 0 Å². The van der Waals surface area contributed by atoms with Crippen molar-refractivity contribution in [3.63, 3.8) is 0 Å². The normalized spacial score (nSPS) is 56.7. The minimum Gasteiger partial charge on any atom is -0.366 e. The fourth-order valence-electron chi connectivity index (χ4n) is 1.95. The Bertz CT molecular complexity index is 133. The SMILES string of the molecule is C[C@@H]1CCC[C@@H]2O[C@]12C. The zero-order chi connectivity index (χ0) is 6.48. The van der Waals surface area contributed by atoms with E-state index in [1.165, 1.54) is 19.3 Å². The number of hydrogen-bond donors (Lipinski definition) is 0. The molecule has 1 heteroatoms. The van der Waals surface area contributed by atoms with E-state index in [0.29, 0.717) is 11.7 Å². The van der Waals surface area contributed by atoms with E-state index < -0.39 is 0 Å². The van der Waals surface area contributed by atoms with Crippen molar-refractivity contribution in [2.45, 2.75) is 44.8 Å². The van der Waals surface area contributed by atoms with Crippen molar-refractivity contribution in [3.8, 4) is 0 Å². The maximum absolute atomic E-state index is 5.58. The summed E-state index contributed by atoms with van der Waals surface area (Å²) in [5.74, 6) is 0.802. The van der Waals surface area contributed by atoms with Crippen LogP contribution in [0.2, 0.25) is 0 Å². The molecule has 2 rings (SSSR count). The number of hydrogen-bond acceptors (Lipinski definition) is 1. The summed E-state index contributed by atoms with van der Waals surface area (Å²) in [6.07, 6.45) is 4.68. The lowest BCUT2D eigenvalue weighted by atomic mass is 9.82. The van der Waals surface area contributed by atoms with Gasteiger partial charge in [0.05, 0.1) is 11.7 Å². The van der Waals surface area contributed by atoms with Crippen LogP contribution in [0.15, 0.2) is 0 Å². The van der Waals surface area contributed by atoms with Crippen LogP contribution >= 0.6 is 0 Å². The Hall–Kier alpha value is -0.0400. The summed E-state index contributed by atoms with van der Waals surface area (Å²) < 4.78 is 5.58. The smallest absolute Gasteiger partial charge is 0.0945 e. The predicted octanol–water partition coefficient (Wildman–Crippen LogP) is 1.96. The lowest BCUT2D eigenvalue weighted by Gasteiger charge is -2.20. The van der Waals surface area contributed by atoms with Crippen molar-refractivity contribution in [2.24, 2.45) is 5.92 Å². The van der Waals surface area contributed by atoms with Gasteiger partial charge >= 0.3 is 0 Å². The quantitative estimate of drug-likeness (QED) is 0.452. The van der Waals surface area contributed by atoms with Gasteiger partial charge in [0.15, 0.2) is 0 Å². The Labute approximate surface area is 56.4 Å². The van der Waals surface area contributed by atoms with Gasteiger partial charge in [0.2, 0.25) is 0 Å². The summed E-state index contributed by atoms with van der Waals surface area (Å²) in [4.78, 5) is 0. The molecule has 0 aromatic heterocycles. The first-order chi connectivity index (χ1) is 4.23. The number of epoxide rings is 1. The Kier molecular flexibility index (Phi) is 0.963. The molecule has 1 aliphatic carbocycles. The van der Waals surface area contributed by atoms with Gasteiger partial charge in [-0.2, -0.15) is 0 Å². The van der Waals surface area contributed by atoms with Gasteiger partial charge in [-0.1, -0.05) is 13.3 Å². The van der Waals surface area contributed by atoms with Gasteiger partial charge in [0.25, 0.3) is 0 Å². The summed E-state index contributed by atoms with van der Waals surface area (Å²) in [5, 5.41) is 0. The van der Waals surface area contributed by atoms with E-state index in [2.05, 4.69) is 13.8 Å². The molecule has 0 amide bonds. The largest absolute Gasteiger partial charge is 0.366 e. The molecule has 52 valence electrons. The maximum atomic E-state index is 5.58. The van der Waals surface area contributed by atoms with Crippen LogP contribution in [0.3, 0.4) is 0 Å². The Balaban J connectivity index is 2.10. The van der Waals surface area contributed by atoms with Crippen molar-refractivity contribution in [1.29, 1.82) is 0 Å². The van der Waals surface area contributed by atoms with E-state index >= 15 is 0 Å². The highest BCUT2D eigenvalue weighted by Crippen LogP contribution is 2.50. The zero-order valence-electron chi connectivity index (χ0n) is 6.18. The van der Waals surface area contributed by atoms with Crippen LogP contribution in [-0.2, 0) is 4.74 Å². The molecule has 1 heterocycles. The van der Waals surface area contributed by atoms with Crippen LogP contribution in [0.4, 0.5) is 0 Å². The highest BCUT2D eigenvalue weighted by molar-refractivity contribution is 5.04. The molecule has 0 spiro atoms. The van der Waals surface area contributed by atoms with E-state index in [9.17, 15) is 0 Å². The van der Waals surface area contributed by atoms with Gasteiger partial charge in [-0.15, -0.1) is 0 Å². The molecule has 9 heavy (non-hydrogen) atoms. The molecule has 3 atom stereocenters. The molecule has 1 aliphatic heterocycles.